The maximum absolute atomic E-state index is 13.4. The van der Waals surface area contributed by atoms with Crippen LogP contribution >= 0.6 is 11.3 Å². The van der Waals surface area contributed by atoms with Gasteiger partial charge in [0.05, 0.1) is 6.04 Å². The molecule has 0 fully saturated rings. The first-order valence-corrected chi connectivity index (χ1v) is 6.12. The Balaban J connectivity index is 2.03. The summed E-state index contributed by atoms with van der Waals surface area (Å²) in [5.74, 6) is -1.05. The number of aromatic nitrogens is 1. The first kappa shape index (κ1) is 12.1. The van der Waals surface area contributed by atoms with E-state index in [1.54, 1.807) is 6.20 Å². The summed E-state index contributed by atoms with van der Waals surface area (Å²) in [6.45, 7) is 2.07. The van der Waals surface area contributed by atoms with Crippen molar-refractivity contribution in [2.45, 2.75) is 19.5 Å². The SMILES string of the molecule is CC(NCc1c(F)cccc1F)c1nccs1. The zero-order valence-corrected chi connectivity index (χ0v) is 10.1. The molecule has 0 aliphatic heterocycles. The molecule has 0 spiro atoms. The van der Waals surface area contributed by atoms with Gasteiger partial charge < -0.3 is 5.32 Å². The Bertz CT molecular complexity index is 465. The standard InChI is InChI=1S/C12H12F2N2S/c1-8(12-15-5-6-17-12)16-7-9-10(13)3-2-4-11(9)14/h2-6,8,16H,7H2,1H3. The van der Waals surface area contributed by atoms with Crippen LogP contribution in [-0.2, 0) is 6.54 Å². The van der Waals surface area contributed by atoms with Gasteiger partial charge in [0.25, 0.3) is 0 Å². The molecule has 2 aromatic rings. The molecule has 1 atom stereocenters. The van der Waals surface area contributed by atoms with E-state index in [4.69, 9.17) is 0 Å². The van der Waals surface area contributed by atoms with Crippen molar-refractivity contribution in [1.29, 1.82) is 0 Å². The minimum Gasteiger partial charge on any atom is -0.304 e. The lowest BCUT2D eigenvalue weighted by Crippen LogP contribution is -2.19. The van der Waals surface area contributed by atoms with Gasteiger partial charge in [0, 0.05) is 23.7 Å². The van der Waals surface area contributed by atoms with E-state index in [9.17, 15) is 8.78 Å². The fourth-order valence-corrected chi connectivity index (χ4v) is 2.16. The third kappa shape index (κ3) is 2.87. The van der Waals surface area contributed by atoms with Crippen LogP contribution in [-0.4, -0.2) is 4.98 Å². The average molecular weight is 254 g/mol. The van der Waals surface area contributed by atoms with Crippen LogP contribution in [0.15, 0.2) is 29.8 Å². The molecular formula is C12H12F2N2S. The second-order valence-electron chi connectivity index (χ2n) is 3.67. The predicted molar refractivity (Wildman–Crippen MR) is 63.7 cm³/mol. The lowest BCUT2D eigenvalue weighted by Gasteiger charge is -2.12. The Morgan fingerprint density at radius 2 is 2.06 bits per heavy atom. The van der Waals surface area contributed by atoms with Crippen molar-refractivity contribution >= 4 is 11.3 Å². The van der Waals surface area contributed by atoms with E-state index in [-0.39, 0.29) is 18.2 Å². The van der Waals surface area contributed by atoms with Crippen LogP contribution in [0.5, 0.6) is 0 Å². The number of thiazole rings is 1. The largest absolute Gasteiger partial charge is 0.304 e. The summed E-state index contributed by atoms with van der Waals surface area (Å²) in [6, 6.07) is 3.86. The predicted octanol–water partition coefficient (Wildman–Crippen LogP) is 3.27. The van der Waals surface area contributed by atoms with Crippen LogP contribution < -0.4 is 5.32 Å². The summed E-state index contributed by atoms with van der Waals surface area (Å²) in [6.07, 6.45) is 1.71. The number of nitrogens with one attached hydrogen (secondary N) is 1. The van der Waals surface area contributed by atoms with Crippen molar-refractivity contribution in [3.63, 3.8) is 0 Å². The zero-order valence-electron chi connectivity index (χ0n) is 9.28. The minimum absolute atomic E-state index is 0.0194. The molecule has 0 bridgehead atoms. The van der Waals surface area contributed by atoms with E-state index >= 15 is 0 Å². The van der Waals surface area contributed by atoms with Crippen LogP contribution in [0.2, 0.25) is 0 Å². The van der Waals surface area contributed by atoms with Gasteiger partial charge in [0.1, 0.15) is 16.6 Å². The van der Waals surface area contributed by atoms with Gasteiger partial charge in [-0.25, -0.2) is 13.8 Å². The van der Waals surface area contributed by atoms with E-state index < -0.39 is 11.6 Å². The molecule has 0 radical (unpaired) electrons. The van der Waals surface area contributed by atoms with Crippen molar-refractivity contribution in [2.75, 3.05) is 0 Å². The number of hydrogen-bond acceptors (Lipinski definition) is 3. The third-order valence-electron chi connectivity index (χ3n) is 2.47. The Morgan fingerprint density at radius 1 is 1.35 bits per heavy atom. The van der Waals surface area contributed by atoms with Gasteiger partial charge in [-0.1, -0.05) is 6.07 Å². The molecule has 0 aliphatic rings. The van der Waals surface area contributed by atoms with Crippen LogP contribution in [0.3, 0.4) is 0 Å². The fourth-order valence-electron chi connectivity index (χ4n) is 1.49. The van der Waals surface area contributed by atoms with E-state index in [2.05, 4.69) is 10.3 Å². The summed E-state index contributed by atoms with van der Waals surface area (Å²) in [5, 5.41) is 5.83. The van der Waals surface area contributed by atoms with Crippen molar-refractivity contribution in [3.05, 3.63) is 52.0 Å². The number of rotatable bonds is 4. The summed E-state index contributed by atoms with van der Waals surface area (Å²) in [4.78, 5) is 4.14. The molecule has 17 heavy (non-hydrogen) atoms. The van der Waals surface area contributed by atoms with Gasteiger partial charge in [-0.05, 0) is 19.1 Å². The van der Waals surface area contributed by atoms with Crippen molar-refractivity contribution in [2.24, 2.45) is 0 Å². The van der Waals surface area contributed by atoms with Crippen LogP contribution in [0.25, 0.3) is 0 Å². The Kier molecular flexibility index (Phi) is 3.81. The second-order valence-corrected chi connectivity index (χ2v) is 4.60. The number of nitrogens with zero attached hydrogens (tertiary/aromatic N) is 1. The van der Waals surface area contributed by atoms with Crippen molar-refractivity contribution < 1.29 is 8.78 Å². The number of hydrogen-bond donors (Lipinski definition) is 1. The van der Waals surface area contributed by atoms with Gasteiger partial charge in [-0.15, -0.1) is 11.3 Å². The molecule has 0 saturated heterocycles. The molecule has 0 saturated carbocycles. The van der Waals surface area contributed by atoms with Crippen molar-refractivity contribution in [3.8, 4) is 0 Å². The molecule has 1 heterocycles. The molecule has 5 heteroatoms. The zero-order chi connectivity index (χ0) is 12.3. The molecule has 2 nitrogen and oxygen atoms in total. The van der Waals surface area contributed by atoms with Crippen LogP contribution in [0, 0.1) is 11.6 Å². The van der Waals surface area contributed by atoms with Crippen molar-refractivity contribution in [1.82, 2.24) is 10.3 Å². The van der Waals surface area contributed by atoms with Gasteiger partial charge in [0.2, 0.25) is 0 Å². The minimum atomic E-state index is -0.524. The Morgan fingerprint density at radius 3 is 2.65 bits per heavy atom. The van der Waals surface area contributed by atoms with E-state index in [1.807, 2.05) is 12.3 Å². The molecule has 1 aromatic carbocycles. The fraction of sp³-hybridized carbons (Fsp3) is 0.250. The summed E-state index contributed by atoms with van der Waals surface area (Å²) < 4.78 is 26.7. The van der Waals surface area contributed by atoms with Gasteiger partial charge >= 0.3 is 0 Å². The van der Waals surface area contributed by atoms with E-state index in [1.165, 1.54) is 29.5 Å². The van der Waals surface area contributed by atoms with Gasteiger partial charge in [-0.3, -0.25) is 0 Å². The normalized spacial score (nSPS) is 12.6. The van der Waals surface area contributed by atoms with E-state index in [0.717, 1.165) is 5.01 Å². The molecular weight excluding hydrogens is 242 g/mol. The first-order chi connectivity index (χ1) is 8.18. The van der Waals surface area contributed by atoms with Crippen LogP contribution in [0.1, 0.15) is 23.5 Å². The average Bonchev–Trinajstić information content (AvgIpc) is 2.81. The maximum atomic E-state index is 13.4. The van der Waals surface area contributed by atoms with Gasteiger partial charge in [0.15, 0.2) is 0 Å². The molecule has 1 N–H and O–H groups in total. The lowest BCUT2D eigenvalue weighted by atomic mass is 10.2. The summed E-state index contributed by atoms with van der Waals surface area (Å²) in [7, 11) is 0. The summed E-state index contributed by atoms with van der Waals surface area (Å²) >= 11 is 1.51. The lowest BCUT2D eigenvalue weighted by molar-refractivity contribution is 0.508. The highest BCUT2D eigenvalue weighted by Gasteiger charge is 2.11. The number of benzene rings is 1. The molecule has 0 amide bonds. The Labute approximate surface area is 102 Å². The monoisotopic (exact) mass is 254 g/mol. The molecule has 1 unspecified atom stereocenters. The second kappa shape index (κ2) is 5.33. The Hall–Kier alpha value is -1.33. The highest BCUT2D eigenvalue weighted by atomic mass is 32.1. The van der Waals surface area contributed by atoms with E-state index in [0.29, 0.717) is 0 Å². The highest BCUT2D eigenvalue weighted by molar-refractivity contribution is 7.09. The first-order valence-electron chi connectivity index (χ1n) is 5.24. The topological polar surface area (TPSA) is 24.9 Å². The quantitative estimate of drug-likeness (QED) is 0.905. The number of halogens is 2. The smallest absolute Gasteiger partial charge is 0.130 e. The highest BCUT2D eigenvalue weighted by Crippen LogP contribution is 2.17. The molecule has 90 valence electrons. The van der Waals surface area contributed by atoms with Gasteiger partial charge in [-0.2, -0.15) is 0 Å². The third-order valence-corrected chi connectivity index (χ3v) is 3.43. The summed E-state index contributed by atoms with van der Waals surface area (Å²) in [5.41, 5.74) is 0.0657. The molecule has 2 rings (SSSR count). The molecule has 0 aliphatic carbocycles. The maximum Gasteiger partial charge on any atom is 0.130 e. The molecule has 1 aromatic heterocycles. The van der Waals surface area contributed by atoms with Crippen LogP contribution in [0.4, 0.5) is 8.78 Å².